The molecule has 3 rings (SSSR count). The summed E-state index contributed by atoms with van der Waals surface area (Å²) in [7, 11) is 1.58. The van der Waals surface area contributed by atoms with Crippen LogP contribution < -0.4 is 10.1 Å². The maximum absolute atomic E-state index is 12.4. The second-order valence-electron chi connectivity index (χ2n) is 7.07. The number of methoxy groups -OCH3 is 1. The minimum absolute atomic E-state index is 0.123. The summed E-state index contributed by atoms with van der Waals surface area (Å²) in [4.78, 5) is 21.8. The predicted molar refractivity (Wildman–Crippen MR) is 116 cm³/mol. The van der Waals surface area contributed by atoms with Crippen molar-refractivity contribution in [2.45, 2.75) is 45.3 Å². The zero-order valence-corrected chi connectivity index (χ0v) is 18.7. The highest BCUT2D eigenvalue weighted by Gasteiger charge is 2.38. The molecule has 1 aromatic heterocycles. The Morgan fingerprint density at radius 3 is 2.68 bits per heavy atom. The number of hydrogen-bond donors (Lipinski definition) is 1. The number of cyclic esters (lactones) is 1. The third-order valence-electron chi connectivity index (χ3n) is 5.06. The highest BCUT2D eigenvalue weighted by atomic mass is 35.5. The monoisotopic (exact) mass is 451 g/mol. The van der Waals surface area contributed by atoms with Crippen molar-refractivity contribution < 1.29 is 23.4 Å². The molecule has 7 nitrogen and oxygen atoms in total. The van der Waals surface area contributed by atoms with E-state index in [1.807, 2.05) is 26.0 Å². The average Bonchev–Trinajstić information content (AvgIpc) is 3.13. The van der Waals surface area contributed by atoms with E-state index < -0.39 is 24.8 Å². The molecule has 0 aliphatic carbocycles. The number of aryl methyl sites for hydroxylation is 2. The zero-order chi connectivity index (χ0) is 22.4. The minimum Gasteiger partial charge on any atom is -0.497 e. The first-order valence-electron chi connectivity index (χ1n) is 10.4. The molecule has 0 unspecified atom stereocenters. The molecule has 0 saturated carbocycles. The minimum atomic E-state index is -0.723. The molecule has 1 N–H and O–H groups in total. The Labute approximate surface area is 186 Å². The third-order valence-corrected chi connectivity index (χ3v) is 5.37. The molecule has 1 fully saturated rings. The molecule has 1 saturated heterocycles. The molecular weight excluding hydrogens is 425 g/mol. The number of rotatable bonds is 10. The lowest BCUT2D eigenvalue weighted by Gasteiger charge is -2.20. The summed E-state index contributed by atoms with van der Waals surface area (Å²) in [6, 6.07) is 4.71. The average molecular weight is 452 g/mol. The van der Waals surface area contributed by atoms with Crippen LogP contribution >= 0.6 is 11.6 Å². The van der Waals surface area contributed by atoms with Gasteiger partial charge in [-0.3, -0.25) is 4.39 Å². The standard InChI is InChI=1S/C22H27ClFN3O4/c1-4-16-19(14-8-7-13(29-3)11-15(14)23)25-17(5-2)21(26-16)27-20-18(12-31-22(20)28)30-10-6-9-24/h7-8,11,18,20H,4-6,9-10,12H2,1-3H3,(H,26,27)/t18-,20-/m0/s1. The van der Waals surface area contributed by atoms with Crippen molar-refractivity contribution in [3.8, 4) is 17.0 Å². The summed E-state index contributed by atoms with van der Waals surface area (Å²) in [6.07, 6.45) is 0.977. The van der Waals surface area contributed by atoms with Gasteiger partial charge in [0.05, 0.1) is 35.9 Å². The number of alkyl halides is 1. The molecule has 0 radical (unpaired) electrons. The third kappa shape index (κ3) is 5.25. The number of anilines is 1. The van der Waals surface area contributed by atoms with Crippen molar-refractivity contribution in [1.29, 1.82) is 0 Å². The van der Waals surface area contributed by atoms with Crippen LogP contribution in [0.25, 0.3) is 11.3 Å². The highest BCUT2D eigenvalue weighted by molar-refractivity contribution is 6.33. The molecule has 2 aromatic rings. The Kier molecular flexibility index (Phi) is 8.03. The van der Waals surface area contributed by atoms with Gasteiger partial charge in [0, 0.05) is 12.2 Å². The molecule has 1 aliphatic heterocycles. The van der Waals surface area contributed by atoms with Crippen LogP contribution in [0, 0.1) is 0 Å². The van der Waals surface area contributed by atoms with Crippen molar-refractivity contribution in [1.82, 2.24) is 9.97 Å². The second-order valence-corrected chi connectivity index (χ2v) is 7.48. The van der Waals surface area contributed by atoms with Crippen LogP contribution in [0.4, 0.5) is 10.2 Å². The Morgan fingerprint density at radius 1 is 1.26 bits per heavy atom. The number of esters is 1. The van der Waals surface area contributed by atoms with Gasteiger partial charge in [-0.1, -0.05) is 25.4 Å². The maximum Gasteiger partial charge on any atom is 0.331 e. The van der Waals surface area contributed by atoms with E-state index in [1.54, 1.807) is 13.2 Å². The molecule has 168 valence electrons. The van der Waals surface area contributed by atoms with Crippen molar-refractivity contribution in [3.63, 3.8) is 0 Å². The van der Waals surface area contributed by atoms with E-state index in [9.17, 15) is 9.18 Å². The van der Waals surface area contributed by atoms with Crippen LogP contribution in [-0.2, 0) is 27.1 Å². The van der Waals surface area contributed by atoms with E-state index >= 15 is 0 Å². The second kappa shape index (κ2) is 10.7. The molecule has 2 atom stereocenters. The van der Waals surface area contributed by atoms with Gasteiger partial charge in [0.2, 0.25) is 0 Å². The van der Waals surface area contributed by atoms with Crippen molar-refractivity contribution >= 4 is 23.4 Å². The molecule has 0 amide bonds. The van der Waals surface area contributed by atoms with E-state index in [1.165, 1.54) is 0 Å². The first-order chi connectivity index (χ1) is 15.0. The van der Waals surface area contributed by atoms with E-state index in [4.69, 9.17) is 35.8 Å². The molecule has 9 heteroatoms. The largest absolute Gasteiger partial charge is 0.497 e. The van der Waals surface area contributed by atoms with Crippen molar-refractivity contribution in [2.75, 3.05) is 32.3 Å². The van der Waals surface area contributed by atoms with Crippen LogP contribution in [-0.4, -0.2) is 55.1 Å². The summed E-state index contributed by atoms with van der Waals surface area (Å²) in [5.41, 5.74) is 2.90. The van der Waals surface area contributed by atoms with Crippen LogP contribution in [0.3, 0.4) is 0 Å². The fraction of sp³-hybridized carbons (Fsp3) is 0.500. The normalized spacial score (nSPS) is 18.2. The summed E-state index contributed by atoms with van der Waals surface area (Å²) >= 11 is 6.48. The van der Waals surface area contributed by atoms with Crippen molar-refractivity contribution in [3.05, 3.63) is 34.6 Å². The van der Waals surface area contributed by atoms with Gasteiger partial charge < -0.3 is 19.5 Å². The molecule has 1 aromatic carbocycles. The molecule has 1 aliphatic rings. The summed E-state index contributed by atoms with van der Waals surface area (Å²) in [5, 5.41) is 3.67. The summed E-state index contributed by atoms with van der Waals surface area (Å²) in [5.74, 6) is 0.748. The fourth-order valence-electron chi connectivity index (χ4n) is 3.38. The highest BCUT2D eigenvalue weighted by Crippen LogP contribution is 2.33. The lowest BCUT2D eigenvalue weighted by molar-refractivity contribution is -0.138. The van der Waals surface area contributed by atoms with Gasteiger partial charge in [0.1, 0.15) is 24.3 Å². The SMILES string of the molecule is CCc1nc(-c2ccc(OC)cc2Cl)c(CC)nc1N[C@@H]1C(=O)OC[C@@H]1OCCCF. The Balaban J connectivity index is 1.92. The zero-order valence-electron chi connectivity index (χ0n) is 17.9. The topological polar surface area (TPSA) is 82.6 Å². The van der Waals surface area contributed by atoms with Crippen LogP contribution in [0.2, 0.25) is 5.02 Å². The van der Waals surface area contributed by atoms with Crippen LogP contribution in [0.15, 0.2) is 18.2 Å². The number of carbonyl (C=O) groups excluding carboxylic acids is 1. The molecule has 2 heterocycles. The number of aromatic nitrogens is 2. The smallest absolute Gasteiger partial charge is 0.331 e. The first kappa shape index (κ1) is 23.2. The number of carbonyl (C=O) groups is 1. The maximum atomic E-state index is 12.4. The summed E-state index contributed by atoms with van der Waals surface area (Å²) < 4.78 is 28.4. The lowest BCUT2D eigenvalue weighted by atomic mass is 10.1. The van der Waals surface area contributed by atoms with Gasteiger partial charge in [-0.05, 0) is 37.5 Å². The number of hydrogen-bond acceptors (Lipinski definition) is 7. The number of halogens is 2. The first-order valence-corrected chi connectivity index (χ1v) is 10.7. The van der Waals surface area contributed by atoms with Crippen LogP contribution in [0.5, 0.6) is 5.75 Å². The van der Waals surface area contributed by atoms with Gasteiger partial charge in [0.15, 0.2) is 6.04 Å². The number of benzene rings is 1. The Morgan fingerprint density at radius 2 is 2.03 bits per heavy atom. The van der Waals surface area contributed by atoms with Gasteiger partial charge in [0.25, 0.3) is 0 Å². The van der Waals surface area contributed by atoms with Gasteiger partial charge >= 0.3 is 5.97 Å². The van der Waals surface area contributed by atoms with Gasteiger partial charge in [-0.15, -0.1) is 0 Å². The quantitative estimate of drug-likeness (QED) is 0.431. The van der Waals surface area contributed by atoms with E-state index in [0.717, 1.165) is 11.3 Å². The Hall–Kier alpha value is -2.45. The van der Waals surface area contributed by atoms with E-state index in [2.05, 4.69) is 5.32 Å². The Bertz CT molecular complexity index is 928. The molecular formula is C22H27ClFN3O4. The van der Waals surface area contributed by atoms with E-state index in [-0.39, 0.29) is 19.6 Å². The fourth-order valence-corrected chi connectivity index (χ4v) is 3.64. The lowest BCUT2D eigenvalue weighted by Crippen LogP contribution is -2.38. The van der Waals surface area contributed by atoms with Crippen LogP contribution in [0.1, 0.15) is 31.7 Å². The molecule has 0 bridgehead atoms. The molecule has 31 heavy (non-hydrogen) atoms. The number of ether oxygens (including phenoxy) is 3. The van der Waals surface area contributed by atoms with E-state index in [0.29, 0.717) is 40.8 Å². The number of nitrogens with one attached hydrogen (secondary N) is 1. The van der Waals surface area contributed by atoms with Crippen molar-refractivity contribution in [2.24, 2.45) is 0 Å². The number of nitrogens with zero attached hydrogens (tertiary/aromatic N) is 2. The van der Waals surface area contributed by atoms with Gasteiger partial charge in [-0.25, -0.2) is 14.8 Å². The summed E-state index contributed by atoms with van der Waals surface area (Å²) in [6.45, 7) is 3.81. The molecule has 0 spiro atoms. The van der Waals surface area contributed by atoms with Gasteiger partial charge in [-0.2, -0.15) is 0 Å². The predicted octanol–water partition coefficient (Wildman–Crippen LogP) is 4.01.